The van der Waals surface area contributed by atoms with Crippen molar-refractivity contribution < 1.29 is 80.4 Å². The molecule has 0 bridgehead atoms. The van der Waals surface area contributed by atoms with Gasteiger partial charge in [0.1, 0.15) is 36.6 Å². The standard InChI is InChI=1S/C37H48F3N7O14/c1-35(2,3)60-29(53)19-46(34(58)61-36(4,5)6)18-23(47-27(51)12-13-28(47)52)32(55)43-15-24(48)41-17-26(50)45-22(14-21-10-8-7-9-11-21)31(54)42-16-25(49)44-20-59-30(33(56)57)37(38,39)40/h7-13,22-23,30H,14-20H2,1-6H3,(H,41,48)(H,42,54)(H,43,55)(H,44,49)(H,45,50)(H,56,57)/t22-,23-,30?/m0/s1. The van der Waals surface area contributed by atoms with Gasteiger partial charge < -0.3 is 45.9 Å². The molecular formula is C37H48F3N7O14. The van der Waals surface area contributed by atoms with Crippen LogP contribution < -0.4 is 26.6 Å². The molecule has 61 heavy (non-hydrogen) atoms. The molecule has 336 valence electrons. The highest BCUT2D eigenvalue weighted by Gasteiger charge is 2.46. The van der Waals surface area contributed by atoms with E-state index in [1.165, 1.54) is 20.8 Å². The highest BCUT2D eigenvalue weighted by molar-refractivity contribution is 6.15. The lowest BCUT2D eigenvalue weighted by Gasteiger charge is -2.32. The average Bonchev–Trinajstić information content (AvgIpc) is 3.46. The molecule has 1 unspecified atom stereocenters. The van der Waals surface area contributed by atoms with Crippen LogP contribution in [0.1, 0.15) is 47.1 Å². The molecule has 2 rings (SSSR count). The molecule has 1 aliphatic heterocycles. The van der Waals surface area contributed by atoms with E-state index >= 15 is 0 Å². The van der Waals surface area contributed by atoms with Gasteiger partial charge in [0.15, 0.2) is 0 Å². The molecule has 0 saturated carbocycles. The molecule has 8 amide bonds. The number of esters is 1. The number of benzene rings is 1. The van der Waals surface area contributed by atoms with E-state index in [-0.39, 0.29) is 6.42 Å². The first-order valence-electron chi connectivity index (χ1n) is 18.2. The maximum atomic E-state index is 13.5. The Morgan fingerprint density at radius 2 is 1.26 bits per heavy atom. The summed E-state index contributed by atoms with van der Waals surface area (Å²) in [6.07, 6.45) is -7.98. The molecule has 3 atom stereocenters. The van der Waals surface area contributed by atoms with Crippen molar-refractivity contribution in [2.24, 2.45) is 0 Å². The van der Waals surface area contributed by atoms with Crippen LogP contribution in [0, 0.1) is 0 Å². The number of amides is 8. The molecule has 21 nitrogen and oxygen atoms in total. The van der Waals surface area contributed by atoms with E-state index in [1.54, 1.807) is 51.1 Å². The van der Waals surface area contributed by atoms with Crippen molar-refractivity contribution in [2.45, 2.75) is 83.5 Å². The van der Waals surface area contributed by atoms with Crippen molar-refractivity contribution in [1.82, 2.24) is 36.4 Å². The molecule has 6 N–H and O–H groups in total. The van der Waals surface area contributed by atoms with Gasteiger partial charge in [-0.25, -0.2) is 9.59 Å². The van der Waals surface area contributed by atoms with Crippen LogP contribution >= 0.6 is 0 Å². The Bertz CT molecular complexity index is 1830. The molecule has 0 saturated heterocycles. The summed E-state index contributed by atoms with van der Waals surface area (Å²) in [4.78, 5) is 128. The molecule has 1 aromatic rings. The second kappa shape index (κ2) is 22.1. The zero-order valence-corrected chi connectivity index (χ0v) is 34.0. The molecule has 0 radical (unpaired) electrons. The average molecular weight is 872 g/mol. The lowest BCUT2D eigenvalue weighted by Crippen LogP contribution is -2.57. The molecule has 0 aromatic heterocycles. The van der Waals surface area contributed by atoms with E-state index in [1.807, 2.05) is 5.32 Å². The Hall–Kier alpha value is -6.59. The van der Waals surface area contributed by atoms with E-state index in [9.17, 15) is 61.1 Å². The number of aliphatic carboxylic acids is 1. The van der Waals surface area contributed by atoms with Crippen molar-refractivity contribution in [2.75, 3.05) is 39.5 Å². The van der Waals surface area contributed by atoms with Crippen molar-refractivity contribution in [3.63, 3.8) is 0 Å². The number of nitrogens with one attached hydrogen (secondary N) is 5. The zero-order chi connectivity index (χ0) is 46.3. The Morgan fingerprint density at radius 3 is 1.79 bits per heavy atom. The normalized spacial score (nSPS) is 14.2. The minimum absolute atomic E-state index is 0.141. The molecule has 24 heteroatoms. The topological polar surface area (TPSA) is 285 Å². The molecule has 0 spiro atoms. The van der Waals surface area contributed by atoms with Gasteiger partial charge in [-0.2, -0.15) is 13.2 Å². The fourth-order valence-electron chi connectivity index (χ4n) is 4.96. The van der Waals surface area contributed by atoms with Crippen molar-refractivity contribution in [1.29, 1.82) is 0 Å². The third-order valence-corrected chi connectivity index (χ3v) is 7.51. The quantitative estimate of drug-likeness (QED) is 0.0523. The molecule has 1 aliphatic rings. The zero-order valence-electron chi connectivity index (χ0n) is 34.0. The van der Waals surface area contributed by atoms with E-state index in [4.69, 9.17) is 14.6 Å². The number of nitrogens with zero attached hydrogens (tertiary/aromatic N) is 2. The third-order valence-electron chi connectivity index (χ3n) is 7.51. The van der Waals surface area contributed by atoms with Crippen LogP contribution in [0.15, 0.2) is 42.5 Å². The van der Waals surface area contributed by atoms with Crippen molar-refractivity contribution in [3.05, 3.63) is 48.0 Å². The fraction of sp³-hybridized carbons (Fsp3) is 0.514. The fourth-order valence-corrected chi connectivity index (χ4v) is 4.96. The van der Waals surface area contributed by atoms with Crippen LogP contribution in [0.2, 0.25) is 0 Å². The largest absolute Gasteiger partial charge is 0.479 e. The predicted molar refractivity (Wildman–Crippen MR) is 201 cm³/mol. The summed E-state index contributed by atoms with van der Waals surface area (Å²) < 4.78 is 53.1. The molecule has 0 aliphatic carbocycles. The van der Waals surface area contributed by atoms with Gasteiger partial charge in [0.2, 0.25) is 29.5 Å². The monoisotopic (exact) mass is 871 g/mol. The van der Waals surface area contributed by atoms with Gasteiger partial charge in [0, 0.05) is 18.6 Å². The summed E-state index contributed by atoms with van der Waals surface area (Å²) in [5.41, 5.74) is -1.52. The number of hydrogen-bond acceptors (Lipinski definition) is 13. The van der Waals surface area contributed by atoms with Gasteiger partial charge in [0.05, 0.1) is 26.2 Å². The first-order chi connectivity index (χ1) is 28.2. The van der Waals surface area contributed by atoms with Gasteiger partial charge in [0.25, 0.3) is 17.9 Å². The number of carboxylic acids is 1. The molecular weight excluding hydrogens is 823 g/mol. The number of halogens is 3. The van der Waals surface area contributed by atoms with E-state index in [2.05, 4.69) is 26.0 Å². The Morgan fingerprint density at radius 1 is 0.738 bits per heavy atom. The van der Waals surface area contributed by atoms with E-state index in [0.29, 0.717) is 10.5 Å². The van der Waals surface area contributed by atoms with Gasteiger partial charge in [-0.3, -0.25) is 48.2 Å². The summed E-state index contributed by atoms with van der Waals surface area (Å²) in [5.74, 6) is -10.2. The Labute approximate surface area is 347 Å². The molecule has 1 aromatic carbocycles. The van der Waals surface area contributed by atoms with Gasteiger partial charge in [-0.1, -0.05) is 30.3 Å². The SMILES string of the molecule is CC(C)(C)OC(=O)CN(C[C@@H](C(=O)NCC(=O)NCC(=O)N[C@@H](Cc1ccccc1)C(=O)NCC(=O)NCOC(C(=O)O)C(F)(F)F)N1C(=O)C=CC1=O)C(=O)OC(C)(C)C. The number of imide groups is 1. The van der Waals surface area contributed by atoms with Crippen LogP contribution in [0.4, 0.5) is 18.0 Å². The van der Waals surface area contributed by atoms with E-state index in [0.717, 1.165) is 17.1 Å². The second-order valence-corrected chi connectivity index (χ2v) is 15.0. The van der Waals surface area contributed by atoms with E-state index < -0.39 is 134 Å². The number of hydrogen-bond donors (Lipinski definition) is 6. The molecule has 0 fully saturated rings. The third kappa shape index (κ3) is 18.5. The predicted octanol–water partition coefficient (Wildman–Crippen LogP) is -0.959. The number of carboxylic acid groups (broad SMARTS) is 1. The summed E-state index contributed by atoms with van der Waals surface area (Å²) in [5, 5.41) is 19.5. The number of rotatable bonds is 20. The van der Waals surface area contributed by atoms with Gasteiger partial charge in [-0.05, 0) is 47.1 Å². The highest BCUT2D eigenvalue weighted by Crippen LogP contribution is 2.23. The Kier molecular flexibility index (Phi) is 18.3. The molecule has 1 heterocycles. The van der Waals surface area contributed by atoms with Crippen LogP contribution in [0.3, 0.4) is 0 Å². The van der Waals surface area contributed by atoms with Crippen LogP contribution in [0.25, 0.3) is 0 Å². The number of alkyl halides is 3. The summed E-state index contributed by atoms with van der Waals surface area (Å²) in [6.45, 7) is 4.18. The number of carbonyl (C=O) groups excluding carboxylic acids is 9. The van der Waals surface area contributed by atoms with Gasteiger partial charge in [-0.15, -0.1) is 0 Å². The number of ether oxygens (including phenoxy) is 3. The maximum absolute atomic E-state index is 13.5. The lowest BCUT2D eigenvalue weighted by molar-refractivity contribution is -0.228. The first kappa shape index (κ1) is 50.6. The van der Waals surface area contributed by atoms with Gasteiger partial charge >= 0.3 is 24.2 Å². The minimum atomic E-state index is -5.27. The summed E-state index contributed by atoms with van der Waals surface area (Å²) >= 11 is 0. The lowest BCUT2D eigenvalue weighted by atomic mass is 10.1. The van der Waals surface area contributed by atoms with Crippen LogP contribution in [0.5, 0.6) is 0 Å². The minimum Gasteiger partial charge on any atom is -0.479 e. The summed E-state index contributed by atoms with van der Waals surface area (Å²) in [7, 11) is 0. The van der Waals surface area contributed by atoms with Crippen LogP contribution in [-0.2, 0) is 63.8 Å². The maximum Gasteiger partial charge on any atom is 0.425 e. The number of carbonyl (C=O) groups is 10. The Balaban J connectivity index is 2.09. The highest BCUT2D eigenvalue weighted by atomic mass is 19.4. The first-order valence-corrected chi connectivity index (χ1v) is 18.2. The van der Waals surface area contributed by atoms with Crippen molar-refractivity contribution >= 4 is 59.4 Å². The smallest absolute Gasteiger partial charge is 0.425 e. The second-order valence-electron chi connectivity index (χ2n) is 15.0. The van der Waals surface area contributed by atoms with Crippen molar-refractivity contribution in [3.8, 4) is 0 Å². The summed E-state index contributed by atoms with van der Waals surface area (Å²) in [6, 6.07) is 4.98. The van der Waals surface area contributed by atoms with Crippen LogP contribution in [-0.4, -0.2) is 149 Å².